The Labute approximate surface area is 278 Å². The Morgan fingerprint density at radius 3 is 2.17 bits per heavy atom. The molecule has 0 heterocycles. The van der Waals surface area contributed by atoms with E-state index in [0.29, 0.717) is 18.3 Å². The molecule has 252 valence electrons. The number of rotatable bonds is 5. The summed E-state index contributed by atoms with van der Waals surface area (Å²) < 4.78 is 5.94. The highest BCUT2D eigenvalue weighted by Crippen LogP contribution is 2.76. The monoisotopic (exact) mass is 629 g/mol. The highest BCUT2D eigenvalue weighted by atomic mass is 16.5. The molecular formula is C41H59NO4. The number of esters is 1. The summed E-state index contributed by atoms with van der Waals surface area (Å²) in [6.07, 6.45) is 8.40. The number of amides is 1. The van der Waals surface area contributed by atoms with E-state index >= 15 is 0 Å². The standard InChI is InChI=1S/C41H59NO4/c1-24(2)27-13-11-12-14-29(27)42-36(45)41-22-21-39(9)28(35(41)34(25(3)4)30(44)23-41)15-16-32-38(8)19-18-33(46-26(5)43)37(6,7)31(38)17-20-40(32,39)10/h11-14,24-25,28,31-33H,15-23H2,1-10H3,(H,42,45)/t28?,31?,32?,33-,38-,39+,40+,41+/m0/s1. The molecule has 1 aromatic carbocycles. The van der Waals surface area contributed by atoms with Crippen LogP contribution in [0.4, 0.5) is 5.69 Å². The van der Waals surface area contributed by atoms with Gasteiger partial charge in [-0.2, -0.15) is 0 Å². The molecule has 0 aliphatic heterocycles. The number of fused-ring (bicyclic) bond motifs is 7. The van der Waals surface area contributed by atoms with Crippen LogP contribution in [-0.2, 0) is 19.1 Å². The molecule has 0 bridgehead atoms. The first-order chi connectivity index (χ1) is 21.4. The number of benzene rings is 1. The number of hydrogen-bond acceptors (Lipinski definition) is 4. The summed E-state index contributed by atoms with van der Waals surface area (Å²) in [6.45, 7) is 22.5. The quantitative estimate of drug-likeness (QED) is 0.329. The number of anilines is 1. The number of hydrogen-bond donors (Lipinski definition) is 1. The van der Waals surface area contributed by atoms with Crippen molar-refractivity contribution in [3.05, 3.63) is 41.0 Å². The van der Waals surface area contributed by atoms with E-state index in [4.69, 9.17) is 4.74 Å². The summed E-state index contributed by atoms with van der Waals surface area (Å²) in [4.78, 5) is 40.7. The van der Waals surface area contributed by atoms with E-state index in [2.05, 4.69) is 73.7 Å². The van der Waals surface area contributed by atoms with Crippen molar-refractivity contribution in [2.75, 3.05) is 5.32 Å². The van der Waals surface area contributed by atoms with Crippen molar-refractivity contribution in [2.24, 2.45) is 50.7 Å². The van der Waals surface area contributed by atoms with Crippen LogP contribution >= 0.6 is 0 Å². The first kappa shape index (κ1) is 33.5. The molecule has 0 spiro atoms. The zero-order valence-electron chi connectivity index (χ0n) is 30.3. The summed E-state index contributed by atoms with van der Waals surface area (Å²) >= 11 is 0. The molecule has 8 atom stereocenters. The molecule has 4 fully saturated rings. The van der Waals surface area contributed by atoms with E-state index in [1.165, 1.54) is 5.57 Å². The van der Waals surface area contributed by atoms with Gasteiger partial charge in [0.2, 0.25) is 5.91 Å². The molecule has 46 heavy (non-hydrogen) atoms. The van der Waals surface area contributed by atoms with Crippen molar-refractivity contribution in [3.63, 3.8) is 0 Å². The minimum Gasteiger partial charge on any atom is -0.462 e. The van der Waals surface area contributed by atoms with Crippen molar-refractivity contribution in [2.45, 2.75) is 139 Å². The van der Waals surface area contributed by atoms with E-state index in [0.717, 1.165) is 68.2 Å². The number of ketones is 1. The number of carbonyl (C=O) groups is 3. The molecule has 0 aromatic heterocycles. The molecular weight excluding hydrogens is 570 g/mol. The number of allylic oxidation sites excluding steroid dienone is 1. The van der Waals surface area contributed by atoms with Crippen LogP contribution in [0.15, 0.2) is 35.4 Å². The molecule has 1 N–H and O–H groups in total. The van der Waals surface area contributed by atoms with Gasteiger partial charge in [-0.25, -0.2) is 0 Å². The van der Waals surface area contributed by atoms with Gasteiger partial charge in [-0.15, -0.1) is 0 Å². The summed E-state index contributed by atoms with van der Waals surface area (Å²) in [6, 6.07) is 8.15. The second kappa shape index (κ2) is 11.1. The highest BCUT2D eigenvalue weighted by Gasteiger charge is 2.71. The zero-order valence-corrected chi connectivity index (χ0v) is 30.3. The van der Waals surface area contributed by atoms with Gasteiger partial charge in [0.25, 0.3) is 0 Å². The number of nitrogens with one attached hydrogen (secondary N) is 1. The fraction of sp³-hybridized carbons (Fsp3) is 0.732. The fourth-order valence-corrected chi connectivity index (χ4v) is 12.6. The molecule has 0 saturated heterocycles. The van der Waals surface area contributed by atoms with Crippen LogP contribution in [0.1, 0.15) is 139 Å². The molecule has 5 aliphatic carbocycles. The number of para-hydroxylation sites is 1. The molecule has 1 amide bonds. The Morgan fingerprint density at radius 2 is 1.52 bits per heavy atom. The lowest BCUT2D eigenvalue weighted by Crippen LogP contribution is -2.66. The van der Waals surface area contributed by atoms with E-state index in [-0.39, 0.29) is 63.2 Å². The highest BCUT2D eigenvalue weighted by molar-refractivity contribution is 6.10. The van der Waals surface area contributed by atoms with Gasteiger partial charge in [-0.05, 0) is 120 Å². The SMILES string of the molecule is CC(=O)O[C@H]1CC[C@@]2(C)C(CC[C@]3(C)C2CCC2C4=C(C(C)C)C(=O)C[C@]4(C(=O)Nc4ccccc4C(C)C)CC[C@]23C)C1(C)C. The Kier molecular flexibility index (Phi) is 8.04. The van der Waals surface area contributed by atoms with E-state index in [1.54, 1.807) is 6.92 Å². The lowest BCUT2D eigenvalue weighted by atomic mass is 9.33. The van der Waals surface area contributed by atoms with Crippen LogP contribution in [0.2, 0.25) is 0 Å². The van der Waals surface area contributed by atoms with Gasteiger partial charge in [0.05, 0.1) is 5.41 Å². The largest absolute Gasteiger partial charge is 0.462 e. The van der Waals surface area contributed by atoms with Gasteiger partial charge >= 0.3 is 5.97 Å². The predicted octanol–water partition coefficient (Wildman–Crippen LogP) is 9.66. The minimum atomic E-state index is -0.765. The molecule has 3 unspecified atom stereocenters. The van der Waals surface area contributed by atoms with Crippen LogP contribution in [0, 0.1) is 50.7 Å². The van der Waals surface area contributed by atoms with E-state index in [9.17, 15) is 14.4 Å². The van der Waals surface area contributed by atoms with Gasteiger partial charge in [-0.3, -0.25) is 14.4 Å². The van der Waals surface area contributed by atoms with Gasteiger partial charge in [0.1, 0.15) is 6.10 Å². The van der Waals surface area contributed by atoms with Crippen LogP contribution in [0.25, 0.3) is 0 Å². The van der Waals surface area contributed by atoms with Gasteiger partial charge in [-0.1, -0.05) is 80.5 Å². The third kappa shape index (κ3) is 4.55. The molecule has 4 saturated carbocycles. The minimum absolute atomic E-state index is 0.000482. The maximum absolute atomic E-state index is 14.7. The Hall–Kier alpha value is -2.43. The summed E-state index contributed by atoms with van der Waals surface area (Å²) in [5, 5.41) is 3.39. The number of ether oxygens (including phenoxy) is 1. The average Bonchev–Trinajstić information content (AvgIpc) is 3.28. The van der Waals surface area contributed by atoms with Crippen LogP contribution in [0.3, 0.4) is 0 Å². The summed E-state index contributed by atoms with van der Waals surface area (Å²) in [5.74, 6) is 1.70. The van der Waals surface area contributed by atoms with Crippen molar-refractivity contribution in [1.29, 1.82) is 0 Å². The Morgan fingerprint density at radius 1 is 0.826 bits per heavy atom. The van der Waals surface area contributed by atoms with Crippen molar-refractivity contribution >= 4 is 23.3 Å². The Bertz CT molecular complexity index is 1470. The Balaban J connectivity index is 1.39. The lowest BCUT2D eigenvalue weighted by Gasteiger charge is -2.72. The van der Waals surface area contributed by atoms with Gasteiger partial charge < -0.3 is 10.1 Å². The first-order valence-electron chi connectivity index (χ1n) is 18.3. The molecule has 6 rings (SSSR count). The fourth-order valence-electron chi connectivity index (χ4n) is 12.6. The van der Waals surface area contributed by atoms with Crippen molar-refractivity contribution < 1.29 is 19.1 Å². The van der Waals surface area contributed by atoms with Crippen molar-refractivity contribution in [1.82, 2.24) is 0 Å². The van der Waals surface area contributed by atoms with Crippen molar-refractivity contribution in [3.8, 4) is 0 Å². The smallest absolute Gasteiger partial charge is 0.302 e. The summed E-state index contributed by atoms with van der Waals surface area (Å²) in [5.41, 5.74) is 3.59. The molecule has 0 radical (unpaired) electrons. The third-order valence-corrected chi connectivity index (χ3v) is 14.9. The number of Topliss-reactive ketones (excluding diaryl/α,β-unsaturated/α-hetero) is 1. The molecule has 5 nitrogen and oxygen atoms in total. The van der Waals surface area contributed by atoms with Gasteiger partial charge in [0, 0.05) is 24.4 Å². The first-order valence-corrected chi connectivity index (χ1v) is 18.3. The second-order valence-electron chi connectivity index (χ2n) is 17.9. The third-order valence-electron chi connectivity index (χ3n) is 14.9. The van der Waals surface area contributed by atoms with Crippen LogP contribution in [0.5, 0.6) is 0 Å². The summed E-state index contributed by atoms with van der Waals surface area (Å²) in [7, 11) is 0. The maximum Gasteiger partial charge on any atom is 0.302 e. The van der Waals surface area contributed by atoms with E-state index in [1.807, 2.05) is 18.2 Å². The maximum atomic E-state index is 14.7. The predicted molar refractivity (Wildman–Crippen MR) is 184 cm³/mol. The topological polar surface area (TPSA) is 72.5 Å². The molecule has 5 heteroatoms. The lowest BCUT2D eigenvalue weighted by molar-refractivity contribution is -0.232. The van der Waals surface area contributed by atoms with E-state index < -0.39 is 5.41 Å². The van der Waals surface area contributed by atoms with Crippen LogP contribution < -0.4 is 5.32 Å². The molecule has 1 aromatic rings. The normalized spacial score (nSPS) is 39.8. The van der Waals surface area contributed by atoms with Gasteiger partial charge in [0.15, 0.2) is 5.78 Å². The molecule has 5 aliphatic rings. The number of carbonyl (C=O) groups excluding carboxylic acids is 3. The zero-order chi connectivity index (χ0) is 33.6. The average molecular weight is 630 g/mol. The second-order valence-corrected chi connectivity index (χ2v) is 17.9. The van der Waals surface area contributed by atoms with Crippen LogP contribution in [-0.4, -0.2) is 23.8 Å².